The Morgan fingerprint density at radius 1 is 1.45 bits per heavy atom. The topological polar surface area (TPSA) is 156 Å². The number of hydrogen-bond acceptors (Lipinski definition) is 9. The molecular formula is C18H19N5O5S. The number of carbonyl (C=O) groups is 1. The lowest BCUT2D eigenvalue weighted by molar-refractivity contribution is -0.385. The fourth-order valence-electron chi connectivity index (χ4n) is 3.24. The van der Waals surface area contributed by atoms with Crippen molar-refractivity contribution >= 4 is 35.5 Å². The van der Waals surface area contributed by atoms with Crippen LogP contribution in [-0.2, 0) is 9.53 Å². The second-order valence-electron chi connectivity index (χ2n) is 6.77. The maximum atomic E-state index is 12.9. The van der Waals surface area contributed by atoms with Crippen molar-refractivity contribution in [2.45, 2.75) is 32.8 Å². The second-order valence-corrected chi connectivity index (χ2v) is 7.16. The summed E-state index contributed by atoms with van der Waals surface area (Å²) in [6.07, 6.45) is -0.379. The highest BCUT2D eigenvalue weighted by Gasteiger charge is 2.37. The van der Waals surface area contributed by atoms with E-state index in [9.17, 15) is 20.0 Å². The molecule has 2 aromatic rings. The SMILES string of the molecule is CC1=C(C(=O)OC(C)C)C(c2ccc(O)c([N+](=O)[O-])c2)c2c(nc(=S)[nH]c2N)N1. The number of anilines is 2. The quantitative estimate of drug-likeness (QED) is 0.254. The predicted octanol–water partition coefficient (Wildman–Crippen LogP) is 3.12. The fourth-order valence-corrected chi connectivity index (χ4v) is 3.44. The average molecular weight is 417 g/mol. The molecule has 5 N–H and O–H groups in total. The van der Waals surface area contributed by atoms with Gasteiger partial charge in [-0.2, -0.15) is 0 Å². The number of fused-ring (bicyclic) bond motifs is 1. The van der Waals surface area contributed by atoms with Crippen LogP contribution in [0.15, 0.2) is 29.5 Å². The molecule has 11 heteroatoms. The number of nitrogens with one attached hydrogen (secondary N) is 2. The Kier molecular flexibility index (Phi) is 5.25. The number of carbonyl (C=O) groups excluding carboxylic acids is 1. The van der Waals surface area contributed by atoms with Gasteiger partial charge in [0, 0.05) is 17.3 Å². The first-order valence-corrected chi connectivity index (χ1v) is 9.06. The second kappa shape index (κ2) is 7.51. The number of H-pyrrole nitrogens is 1. The van der Waals surface area contributed by atoms with Crippen LogP contribution in [0, 0.1) is 14.9 Å². The smallest absolute Gasteiger partial charge is 0.337 e. The Morgan fingerprint density at radius 3 is 2.76 bits per heavy atom. The number of nitrogens with two attached hydrogens (primary N) is 1. The number of aromatic nitrogens is 2. The first kappa shape index (κ1) is 20.3. The molecule has 1 atom stereocenters. The number of phenolic OH excluding ortho intramolecular Hbond substituents is 1. The van der Waals surface area contributed by atoms with Gasteiger partial charge in [0.05, 0.1) is 22.5 Å². The largest absolute Gasteiger partial charge is 0.502 e. The first-order chi connectivity index (χ1) is 13.6. The molecule has 29 heavy (non-hydrogen) atoms. The highest BCUT2D eigenvalue weighted by molar-refractivity contribution is 7.71. The molecule has 1 unspecified atom stereocenters. The lowest BCUT2D eigenvalue weighted by Crippen LogP contribution is -2.27. The molecule has 0 aliphatic carbocycles. The third-order valence-electron chi connectivity index (χ3n) is 4.38. The minimum Gasteiger partial charge on any atom is -0.502 e. The van der Waals surface area contributed by atoms with Crippen LogP contribution in [-0.4, -0.2) is 32.1 Å². The van der Waals surface area contributed by atoms with Gasteiger partial charge in [-0.25, -0.2) is 9.78 Å². The van der Waals surface area contributed by atoms with Gasteiger partial charge in [0.25, 0.3) is 0 Å². The number of ether oxygens (including phenoxy) is 1. The molecule has 10 nitrogen and oxygen atoms in total. The number of aromatic amines is 1. The third kappa shape index (κ3) is 3.76. The van der Waals surface area contributed by atoms with Crippen LogP contribution in [0.25, 0.3) is 0 Å². The number of benzene rings is 1. The average Bonchev–Trinajstić information content (AvgIpc) is 2.59. The number of esters is 1. The van der Waals surface area contributed by atoms with Gasteiger partial charge in [-0.3, -0.25) is 10.1 Å². The molecule has 1 aromatic carbocycles. The lowest BCUT2D eigenvalue weighted by Gasteiger charge is -2.30. The Labute approximate surface area is 170 Å². The Hall–Kier alpha value is -3.47. The van der Waals surface area contributed by atoms with Gasteiger partial charge in [-0.1, -0.05) is 6.07 Å². The number of allylic oxidation sites excluding steroid dienone is 1. The highest BCUT2D eigenvalue weighted by atomic mass is 32.1. The zero-order valence-electron chi connectivity index (χ0n) is 15.8. The van der Waals surface area contributed by atoms with Crippen molar-refractivity contribution in [3.05, 3.63) is 55.5 Å². The van der Waals surface area contributed by atoms with E-state index in [-0.39, 0.29) is 22.3 Å². The van der Waals surface area contributed by atoms with Gasteiger partial charge in [-0.15, -0.1) is 0 Å². The van der Waals surface area contributed by atoms with Crippen molar-refractivity contribution in [1.82, 2.24) is 9.97 Å². The summed E-state index contributed by atoms with van der Waals surface area (Å²) in [5.74, 6) is -1.41. The normalized spacial score (nSPS) is 15.7. The number of nitrogen functional groups attached to an aromatic ring is 1. The molecule has 3 rings (SSSR count). The van der Waals surface area contributed by atoms with Crippen molar-refractivity contribution in [2.24, 2.45) is 0 Å². The molecule has 0 saturated carbocycles. The standard InChI is InChI=1S/C18H19N5O5S/c1-7(2)28-17(25)12-8(3)20-16-14(15(19)21-18(29)22-16)13(12)9-4-5-11(24)10(6-9)23(26)27/h4-7,13,24H,1-3H3,(H4,19,20,21,22,29). The number of nitro groups is 1. The van der Waals surface area contributed by atoms with E-state index in [1.54, 1.807) is 20.8 Å². The number of phenols is 1. The van der Waals surface area contributed by atoms with Crippen LogP contribution in [0.1, 0.15) is 37.8 Å². The Morgan fingerprint density at radius 2 is 2.14 bits per heavy atom. The van der Waals surface area contributed by atoms with E-state index < -0.39 is 28.2 Å². The van der Waals surface area contributed by atoms with Gasteiger partial charge in [0.2, 0.25) is 0 Å². The van der Waals surface area contributed by atoms with Gasteiger partial charge >= 0.3 is 11.7 Å². The molecule has 0 spiro atoms. The van der Waals surface area contributed by atoms with Crippen LogP contribution in [0.3, 0.4) is 0 Å². The summed E-state index contributed by atoms with van der Waals surface area (Å²) in [4.78, 5) is 30.5. The molecule has 0 fully saturated rings. The van der Waals surface area contributed by atoms with Gasteiger partial charge in [0.15, 0.2) is 10.5 Å². The van der Waals surface area contributed by atoms with E-state index in [1.165, 1.54) is 18.2 Å². The van der Waals surface area contributed by atoms with Gasteiger partial charge in [0.1, 0.15) is 11.6 Å². The van der Waals surface area contributed by atoms with Gasteiger partial charge < -0.3 is 25.9 Å². The molecule has 0 saturated heterocycles. The Bertz CT molecular complexity index is 1110. The lowest BCUT2D eigenvalue weighted by atomic mass is 9.81. The summed E-state index contributed by atoms with van der Waals surface area (Å²) in [7, 11) is 0. The van der Waals surface area contributed by atoms with Crippen LogP contribution >= 0.6 is 12.2 Å². The number of aromatic hydroxyl groups is 1. The fraction of sp³-hybridized carbons (Fsp3) is 0.278. The van der Waals surface area contributed by atoms with Crippen molar-refractivity contribution < 1.29 is 19.6 Å². The molecule has 0 bridgehead atoms. The maximum Gasteiger partial charge on any atom is 0.337 e. The van der Waals surface area contributed by atoms with Gasteiger partial charge in [-0.05, 0) is 44.6 Å². The molecular weight excluding hydrogens is 398 g/mol. The molecule has 1 aromatic heterocycles. The van der Waals surface area contributed by atoms with E-state index >= 15 is 0 Å². The number of rotatable bonds is 4. The first-order valence-electron chi connectivity index (χ1n) is 8.66. The van der Waals surface area contributed by atoms with E-state index in [2.05, 4.69) is 15.3 Å². The number of nitro benzene ring substituents is 1. The van der Waals surface area contributed by atoms with Crippen LogP contribution in [0.2, 0.25) is 0 Å². The molecule has 2 heterocycles. The van der Waals surface area contributed by atoms with Crippen molar-refractivity contribution in [2.75, 3.05) is 11.1 Å². The Balaban J connectivity index is 2.29. The predicted molar refractivity (Wildman–Crippen MR) is 108 cm³/mol. The molecule has 152 valence electrons. The molecule has 0 amide bonds. The number of hydrogen-bond donors (Lipinski definition) is 4. The zero-order chi connectivity index (χ0) is 21.5. The van der Waals surface area contributed by atoms with E-state index in [4.69, 9.17) is 22.7 Å². The van der Waals surface area contributed by atoms with E-state index in [1.807, 2.05) is 0 Å². The van der Waals surface area contributed by atoms with Crippen molar-refractivity contribution in [3.8, 4) is 5.75 Å². The minimum absolute atomic E-state index is 0.144. The minimum atomic E-state index is -0.823. The molecule has 1 aliphatic rings. The molecule has 1 aliphatic heterocycles. The maximum absolute atomic E-state index is 12.9. The van der Waals surface area contributed by atoms with Crippen LogP contribution in [0.5, 0.6) is 5.75 Å². The van der Waals surface area contributed by atoms with Crippen LogP contribution < -0.4 is 11.1 Å². The zero-order valence-corrected chi connectivity index (χ0v) is 16.7. The van der Waals surface area contributed by atoms with E-state index in [0.29, 0.717) is 22.6 Å². The highest BCUT2D eigenvalue weighted by Crippen LogP contribution is 2.45. The summed E-state index contributed by atoms with van der Waals surface area (Å²) < 4.78 is 5.52. The summed E-state index contributed by atoms with van der Waals surface area (Å²) in [6, 6.07) is 3.88. The monoisotopic (exact) mass is 417 g/mol. The third-order valence-corrected chi connectivity index (χ3v) is 4.57. The molecule has 0 radical (unpaired) electrons. The summed E-state index contributed by atoms with van der Waals surface area (Å²) in [5, 5.41) is 24.1. The van der Waals surface area contributed by atoms with E-state index in [0.717, 1.165) is 0 Å². The summed E-state index contributed by atoms with van der Waals surface area (Å²) in [6.45, 7) is 5.09. The van der Waals surface area contributed by atoms with Crippen molar-refractivity contribution in [1.29, 1.82) is 0 Å². The summed E-state index contributed by atoms with van der Waals surface area (Å²) >= 11 is 5.07. The van der Waals surface area contributed by atoms with Crippen LogP contribution in [0.4, 0.5) is 17.3 Å². The summed E-state index contributed by atoms with van der Waals surface area (Å²) in [5.41, 5.74) is 7.10. The number of nitrogens with zero attached hydrogens (tertiary/aromatic N) is 2. The van der Waals surface area contributed by atoms with Crippen molar-refractivity contribution in [3.63, 3.8) is 0 Å².